The Bertz CT molecular complexity index is 729. The second-order valence-electron chi connectivity index (χ2n) is 4.50. The van der Waals surface area contributed by atoms with Crippen molar-refractivity contribution in [1.82, 2.24) is 9.38 Å². The van der Waals surface area contributed by atoms with Crippen molar-refractivity contribution in [2.75, 3.05) is 5.32 Å². The van der Waals surface area contributed by atoms with Gasteiger partial charge < -0.3 is 5.32 Å². The first-order valence-electron chi connectivity index (χ1n) is 6.07. The van der Waals surface area contributed by atoms with Gasteiger partial charge in [-0.05, 0) is 32.0 Å². The fourth-order valence-corrected chi connectivity index (χ4v) is 3.40. The first-order chi connectivity index (χ1) is 9.13. The number of hydrogen-bond acceptors (Lipinski definition) is 3. The van der Waals surface area contributed by atoms with E-state index in [1.54, 1.807) is 11.3 Å². The number of benzene rings is 1. The summed E-state index contributed by atoms with van der Waals surface area (Å²) in [6.45, 7) is 4.95. The SMILES string of the molecule is Cc1cn2c(CNc3cccc(Br)c3)c(C)nc2s1. The highest BCUT2D eigenvalue weighted by Crippen LogP contribution is 2.22. The highest BCUT2D eigenvalue weighted by atomic mass is 79.9. The maximum atomic E-state index is 4.60. The van der Waals surface area contributed by atoms with Crippen LogP contribution in [0.25, 0.3) is 4.96 Å². The molecule has 0 saturated heterocycles. The third-order valence-electron chi connectivity index (χ3n) is 3.03. The molecule has 3 nitrogen and oxygen atoms in total. The van der Waals surface area contributed by atoms with Crippen molar-refractivity contribution in [3.8, 4) is 0 Å². The molecule has 0 unspecified atom stereocenters. The minimum Gasteiger partial charge on any atom is -0.379 e. The molecule has 0 spiro atoms. The van der Waals surface area contributed by atoms with Crippen LogP contribution in [0.3, 0.4) is 0 Å². The first kappa shape index (κ1) is 12.7. The second-order valence-corrected chi connectivity index (χ2v) is 6.63. The smallest absolute Gasteiger partial charge is 0.194 e. The van der Waals surface area contributed by atoms with E-state index in [1.165, 1.54) is 10.6 Å². The number of fused-ring (bicyclic) bond motifs is 1. The predicted molar refractivity (Wildman–Crippen MR) is 84.0 cm³/mol. The number of thiazole rings is 1. The second kappa shape index (κ2) is 4.98. The average molecular weight is 336 g/mol. The van der Waals surface area contributed by atoms with E-state index in [1.807, 2.05) is 12.1 Å². The van der Waals surface area contributed by atoms with Gasteiger partial charge in [0.2, 0.25) is 0 Å². The number of anilines is 1. The van der Waals surface area contributed by atoms with E-state index < -0.39 is 0 Å². The Morgan fingerprint density at radius 3 is 3.00 bits per heavy atom. The molecule has 3 rings (SSSR count). The molecule has 0 bridgehead atoms. The first-order valence-corrected chi connectivity index (χ1v) is 7.68. The Kier molecular flexibility index (Phi) is 3.33. The van der Waals surface area contributed by atoms with Crippen LogP contribution >= 0.6 is 27.3 Å². The summed E-state index contributed by atoms with van der Waals surface area (Å²) < 4.78 is 3.26. The fraction of sp³-hybridized carbons (Fsp3) is 0.214. The quantitative estimate of drug-likeness (QED) is 0.769. The van der Waals surface area contributed by atoms with Crippen LogP contribution in [0.15, 0.2) is 34.9 Å². The standard InChI is InChI=1S/C14H14BrN3S/c1-9-8-18-13(10(2)17-14(18)19-9)7-16-12-5-3-4-11(15)6-12/h3-6,8,16H,7H2,1-2H3. The van der Waals surface area contributed by atoms with Crippen LogP contribution in [0.1, 0.15) is 16.3 Å². The number of aromatic nitrogens is 2. The van der Waals surface area contributed by atoms with Crippen LogP contribution in [0.2, 0.25) is 0 Å². The largest absolute Gasteiger partial charge is 0.379 e. The molecule has 98 valence electrons. The van der Waals surface area contributed by atoms with Crippen LogP contribution in [-0.2, 0) is 6.54 Å². The van der Waals surface area contributed by atoms with Crippen molar-refractivity contribution in [3.05, 3.63) is 51.2 Å². The Morgan fingerprint density at radius 2 is 2.21 bits per heavy atom. The topological polar surface area (TPSA) is 29.3 Å². The molecular weight excluding hydrogens is 322 g/mol. The van der Waals surface area contributed by atoms with Crippen molar-refractivity contribution >= 4 is 37.9 Å². The van der Waals surface area contributed by atoms with Gasteiger partial charge in [-0.2, -0.15) is 0 Å². The molecule has 0 amide bonds. The lowest BCUT2D eigenvalue weighted by Crippen LogP contribution is -2.03. The number of imidazole rings is 1. The van der Waals surface area contributed by atoms with Crippen molar-refractivity contribution in [2.45, 2.75) is 20.4 Å². The zero-order valence-electron chi connectivity index (χ0n) is 10.8. The van der Waals surface area contributed by atoms with Gasteiger partial charge in [0, 0.05) is 21.2 Å². The van der Waals surface area contributed by atoms with E-state index in [2.05, 4.69) is 62.8 Å². The summed E-state index contributed by atoms with van der Waals surface area (Å²) in [5, 5.41) is 3.44. The van der Waals surface area contributed by atoms with Gasteiger partial charge in [-0.15, -0.1) is 11.3 Å². The van der Waals surface area contributed by atoms with E-state index in [0.717, 1.165) is 27.4 Å². The van der Waals surface area contributed by atoms with Gasteiger partial charge in [0.05, 0.1) is 17.9 Å². The number of aryl methyl sites for hydroxylation is 2. The Balaban J connectivity index is 1.87. The molecular formula is C14H14BrN3S. The predicted octanol–water partition coefficient (Wildman–Crippen LogP) is 4.39. The molecule has 0 aliphatic rings. The van der Waals surface area contributed by atoms with Crippen LogP contribution in [0.4, 0.5) is 5.69 Å². The number of nitrogens with zero attached hydrogens (tertiary/aromatic N) is 2. The number of nitrogens with one attached hydrogen (secondary N) is 1. The fourth-order valence-electron chi connectivity index (χ4n) is 2.11. The molecule has 19 heavy (non-hydrogen) atoms. The molecule has 1 aromatic carbocycles. The van der Waals surface area contributed by atoms with Crippen LogP contribution in [0, 0.1) is 13.8 Å². The van der Waals surface area contributed by atoms with E-state index >= 15 is 0 Å². The molecule has 0 saturated carbocycles. The molecule has 0 radical (unpaired) electrons. The molecule has 0 aliphatic carbocycles. The molecule has 0 fully saturated rings. The summed E-state index contributed by atoms with van der Waals surface area (Å²) in [6, 6.07) is 8.19. The number of halogens is 1. The summed E-state index contributed by atoms with van der Waals surface area (Å²) in [4.78, 5) is 6.95. The minimum atomic E-state index is 0.777. The molecule has 2 heterocycles. The Labute approximate surface area is 124 Å². The molecule has 2 aromatic heterocycles. The minimum absolute atomic E-state index is 0.777. The molecule has 5 heteroatoms. The Morgan fingerprint density at radius 1 is 1.37 bits per heavy atom. The lowest BCUT2D eigenvalue weighted by Gasteiger charge is -2.07. The van der Waals surface area contributed by atoms with Gasteiger partial charge in [-0.25, -0.2) is 4.98 Å². The van der Waals surface area contributed by atoms with E-state index in [0.29, 0.717) is 0 Å². The Hall–Kier alpha value is -1.33. The zero-order chi connectivity index (χ0) is 13.4. The van der Waals surface area contributed by atoms with Crippen molar-refractivity contribution in [2.24, 2.45) is 0 Å². The van der Waals surface area contributed by atoms with Crippen molar-refractivity contribution in [1.29, 1.82) is 0 Å². The lowest BCUT2D eigenvalue weighted by molar-refractivity contribution is 0.991. The summed E-state index contributed by atoms with van der Waals surface area (Å²) in [7, 11) is 0. The van der Waals surface area contributed by atoms with Crippen molar-refractivity contribution < 1.29 is 0 Å². The molecule has 3 aromatic rings. The maximum absolute atomic E-state index is 4.60. The zero-order valence-corrected chi connectivity index (χ0v) is 13.2. The van der Waals surface area contributed by atoms with Gasteiger partial charge in [0.25, 0.3) is 0 Å². The van der Waals surface area contributed by atoms with Gasteiger partial charge >= 0.3 is 0 Å². The molecule has 1 N–H and O–H groups in total. The third-order valence-corrected chi connectivity index (χ3v) is 4.42. The van der Waals surface area contributed by atoms with Gasteiger partial charge in [-0.3, -0.25) is 4.40 Å². The van der Waals surface area contributed by atoms with Gasteiger partial charge in [0.15, 0.2) is 4.96 Å². The number of rotatable bonds is 3. The van der Waals surface area contributed by atoms with Crippen molar-refractivity contribution in [3.63, 3.8) is 0 Å². The van der Waals surface area contributed by atoms with Gasteiger partial charge in [0.1, 0.15) is 0 Å². The normalized spacial score (nSPS) is 11.1. The lowest BCUT2D eigenvalue weighted by atomic mass is 10.3. The monoisotopic (exact) mass is 335 g/mol. The summed E-state index contributed by atoms with van der Waals surface area (Å²) in [5.41, 5.74) is 3.42. The molecule has 0 aliphatic heterocycles. The third kappa shape index (κ3) is 2.53. The highest BCUT2D eigenvalue weighted by molar-refractivity contribution is 9.10. The maximum Gasteiger partial charge on any atom is 0.194 e. The highest BCUT2D eigenvalue weighted by Gasteiger charge is 2.10. The van der Waals surface area contributed by atoms with Crippen LogP contribution in [0.5, 0.6) is 0 Å². The average Bonchev–Trinajstić information content (AvgIpc) is 2.82. The van der Waals surface area contributed by atoms with Gasteiger partial charge in [-0.1, -0.05) is 22.0 Å². The molecule has 0 atom stereocenters. The van der Waals surface area contributed by atoms with E-state index in [-0.39, 0.29) is 0 Å². The number of hydrogen-bond donors (Lipinski definition) is 1. The summed E-state index contributed by atoms with van der Waals surface area (Å²) >= 11 is 5.21. The summed E-state index contributed by atoms with van der Waals surface area (Å²) in [5.74, 6) is 0. The van der Waals surface area contributed by atoms with E-state index in [9.17, 15) is 0 Å². The van der Waals surface area contributed by atoms with Crippen LogP contribution < -0.4 is 5.32 Å². The van der Waals surface area contributed by atoms with E-state index in [4.69, 9.17) is 0 Å². The summed E-state index contributed by atoms with van der Waals surface area (Å²) in [6.07, 6.45) is 2.15. The van der Waals surface area contributed by atoms with Crippen LogP contribution in [-0.4, -0.2) is 9.38 Å².